The number of likely N-dealkylation sites (tertiary alicyclic amines) is 1. The average Bonchev–Trinajstić information content (AvgIpc) is 2.80. The molecule has 1 atom stereocenters. The highest BCUT2D eigenvalue weighted by Gasteiger charge is 2.22. The molecule has 0 aromatic rings. The molecule has 0 radical (unpaired) electrons. The van der Waals surface area contributed by atoms with Crippen molar-refractivity contribution in [2.24, 2.45) is 5.73 Å². The molecule has 1 aliphatic heterocycles. The normalized spacial score (nSPS) is 18.1. The predicted molar refractivity (Wildman–Crippen MR) is 79.8 cm³/mol. The Morgan fingerprint density at radius 3 is 2.53 bits per heavy atom. The van der Waals surface area contributed by atoms with Gasteiger partial charge in [-0.05, 0) is 25.9 Å². The van der Waals surface area contributed by atoms with Crippen LogP contribution in [0.2, 0.25) is 0 Å². The van der Waals surface area contributed by atoms with E-state index in [2.05, 4.69) is 22.5 Å². The van der Waals surface area contributed by atoms with E-state index in [4.69, 9.17) is 5.73 Å². The van der Waals surface area contributed by atoms with Crippen molar-refractivity contribution in [2.75, 3.05) is 32.7 Å². The minimum atomic E-state index is -0.309. The molecular formula is C11H24Cl2N4O2. The molecule has 1 heterocycles. The van der Waals surface area contributed by atoms with Gasteiger partial charge in [-0.3, -0.25) is 14.5 Å². The molecule has 2 amide bonds. The molecule has 1 saturated heterocycles. The van der Waals surface area contributed by atoms with E-state index in [1.807, 2.05) is 0 Å². The first-order valence-electron chi connectivity index (χ1n) is 6.14. The van der Waals surface area contributed by atoms with Crippen molar-refractivity contribution in [2.45, 2.75) is 25.8 Å². The number of nitrogens with zero attached hydrogens (tertiary/aromatic N) is 1. The van der Waals surface area contributed by atoms with E-state index in [0.29, 0.717) is 12.6 Å². The highest BCUT2D eigenvalue weighted by molar-refractivity contribution is 5.86. The molecule has 0 aromatic carbocycles. The van der Waals surface area contributed by atoms with Gasteiger partial charge in [-0.25, -0.2) is 0 Å². The molecule has 0 aliphatic carbocycles. The third-order valence-corrected chi connectivity index (χ3v) is 3.07. The number of halogens is 2. The Hall–Kier alpha value is -0.560. The van der Waals surface area contributed by atoms with Crippen LogP contribution < -0.4 is 16.4 Å². The Bertz CT molecular complexity index is 279. The standard InChI is InChI=1S/C11H22N4O2.2ClH/c1-2-15-5-3-4-9(15)7-13-11(17)8-14-10(16)6-12;;/h9H,2-8,12H2,1H3,(H,13,17)(H,14,16);2*1H. The molecule has 8 heteroatoms. The summed E-state index contributed by atoms with van der Waals surface area (Å²) in [6.07, 6.45) is 2.32. The van der Waals surface area contributed by atoms with E-state index >= 15 is 0 Å². The molecule has 0 spiro atoms. The minimum Gasteiger partial charge on any atom is -0.353 e. The maximum Gasteiger partial charge on any atom is 0.239 e. The van der Waals surface area contributed by atoms with Crippen molar-refractivity contribution < 1.29 is 9.59 Å². The van der Waals surface area contributed by atoms with E-state index < -0.39 is 0 Å². The molecule has 1 rings (SSSR count). The second-order valence-corrected chi connectivity index (χ2v) is 4.21. The number of amides is 2. The van der Waals surface area contributed by atoms with Crippen LogP contribution in [0.5, 0.6) is 0 Å². The van der Waals surface area contributed by atoms with Gasteiger partial charge in [0.25, 0.3) is 0 Å². The number of nitrogens with two attached hydrogens (primary N) is 1. The van der Waals surface area contributed by atoms with E-state index in [0.717, 1.165) is 19.5 Å². The molecular weight excluding hydrogens is 291 g/mol. The van der Waals surface area contributed by atoms with Crippen LogP contribution in [0.15, 0.2) is 0 Å². The average molecular weight is 315 g/mol. The van der Waals surface area contributed by atoms with Gasteiger partial charge in [0.15, 0.2) is 0 Å². The van der Waals surface area contributed by atoms with Crippen LogP contribution in [0.1, 0.15) is 19.8 Å². The van der Waals surface area contributed by atoms with Crippen molar-refractivity contribution in [3.63, 3.8) is 0 Å². The molecule has 19 heavy (non-hydrogen) atoms. The van der Waals surface area contributed by atoms with E-state index in [9.17, 15) is 9.59 Å². The molecule has 6 nitrogen and oxygen atoms in total. The van der Waals surface area contributed by atoms with Gasteiger partial charge < -0.3 is 16.4 Å². The zero-order chi connectivity index (χ0) is 12.7. The van der Waals surface area contributed by atoms with Gasteiger partial charge in [-0.1, -0.05) is 6.92 Å². The van der Waals surface area contributed by atoms with Gasteiger partial charge in [0, 0.05) is 12.6 Å². The number of nitrogens with one attached hydrogen (secondary N) is 2. The Kier molecular flexibility index (Phi) is 12.3. The highest BCUT2D eigenvalue weighted by Crippen LogP contribution is 2.15. The number of hydrogen-bond acceptors (Lipinski definition) is 4. The lowest BCUT2D eigenvalue weighted by Gasteiger charge is -2.22. The van der Waals surface area contributed by atoms with Gasteiger partial charge in [0.2, 0.25) is 11.8 Å². The lowest BCUT2D eigenvalue weighted by Crippen LogP contribution is -2.44. The second kappa shape index (κ2) is 11.3. The van der Waals surface area contributed by atoms with Crippen LogP contribution in [0.4, 0.5) is 0 Å². The summed E-state index contributed by atoms with van der Waals surface area (Å²) in [5.74, 6) is -0.467. The van der Waals surface area contributed by atoms with Crippen LogP contribution in [0, 0.1) is 0 Å². The van der Waals surface area contributed by atoms with Gasteiger partial charge in [0.1, 0.15) is 0 Å². The van der Waals surface area contributed by atoms with Crippen molar-refractivity contribution in [3.8, 4) is 0 Å². The molecule has 0 aromatic heterocycles. The smallest absolute Gasteiger partial charge is 0.239 e. The number of rotatable bonds is 6. The first-order chi connectivity index (χ1) is 8.17. The van der Waals surface area contributed by atoms with Gasteiger partial charge in [-0.2, -0.15) is 0 Å². The van der Waals surface area contributed by atoms with Crippen molar-refractivity contribution in [1.29, 1.82) is 0 Å². The van der Waals surface area contributed by atoms with Crippen LogP contribution in [0.25, 0.3) is 0 Å². The molecule has 0 saturated carbocycles. The summed E-state index contributed by atoms with van der Waals surface area (Å²) in [6.45, 7) is 4.84. The molecule has 1 aliphatic rings. The molecule has 114 valence electrons. The predicted octanol–water partition coefficient (Wildman–Crippen LogP) is -0.495. The maximum absolute atomic E-state index is 11.4. The van der Waals surface area contributed by atoms with E-state index in [1.165, 1.54) is 6.42 Å². The highest BCUT2D eigenvalue weighted by atomic mass is 35.5. The molecule has 1 fully saturated rings. The van der Waals surface area contributed by atoms with Gasteiger partial charge in [0.05, 0.1) is 13.1 Å². The second-order valence-electron chi connectivity index (χ2n) is 4.21. The van der Waals surface area contributed by atoms with E-state index in [1.54, 1.807) is 0 Å². The molecule has 1 unspecified atom stereocenters. The van der Waals surface area contributed by atoms with Crippen molar-refractivity contribution in [3.05, 3.63) is 0 Å². The fraction of sp³-hybridized carbons (Fsp3) is 0.818. The minimum absolute atomic E-state index is 0. The molecule has 4 N–H and O–H groups in total. The van der Waals surface area contributed by atoms with E-state index in [-0.39, 0.29) is 49.7 Å². The number of likely N-dealkylation sites (N-methyl/N-ethyl adjacent to an activating group) is 1. The fourth-order valence-electron chi connectivity index (χ4n) is 2.09. The Morgan fingerprint density at radius 2 is 1.95 bits per heavy atom. The number of hydrogen-bond donors (Lipinski definition) is 3. The SMILES string of the molecule is CCN1CCCC1CNC(=O)CNC(=O)CN.Cl.Cl. The van der Waals surface area contributed by atoms with Crippen LogP contribution in [-0.2, 0) is 9.59 Å². The van der Waals surface area contributed by atoms with Crippen molar-refractivity contribution in [1.82, 2.24) is 15.5 Å². The first-order valence-corrected chi connectivity index (χ1v) is 6.14. The largest absolute Gasteiger partial charge is 0.353 e. The lowest BCUT2D eigenvalue weighted by atomic mass is 10.2. The zero-order valence-electron chi connectivity index (χ0n) is 11.2. The lowest BCUT2D eigenvalue weighted by molar-refractivity contribution is -0.125. The quantitative estimate of drug-likeness (QED) is 0.617. The maximum atomic E-state index is 11.4. The monoisotopic (exact) mass is 314 g/mol. The van der Waals surface area contributed by atoms with Crippen molar-refractivity contribution >= 4 is 36.6 Å². The summed E-state index contributed by atoms with van der Waals surface area (Å²) in [6, 6.07) is 0.439. The van der Waals surface area contributed by atoms with Crippen LogP contribution in [-0.4, -0.2) is 55.5 Å². The summed E-state index contributed by atoms with van der Waals surface area (Å²) in [5.41, 5.74) is 5.12. The topological polar surface area (TPSA) is 87.5 Å². The summed E-state index contributed by atoms with van der Waals surface area (Å²) < 4.78 is 0. The van der Waals surface area contributed by atoms with Gasteiger partial charge >= 0.3 is 0 Å². The first kappa shape index (κ1) is 20.8. The fourth-order valence-corrected chi connectivity index (χ4v) is 2.09. The molecule has 0 bridgehead atoms. The summed E-state index contributed by atoms with van der Waals surface area (Å²) in [4.78, 5) is 24.6. The third-order valence-electron chi connectivity index (χ3n) is 3.07. The Morgan fingerprint density at radius 1 is 1.26 bits per heavy atom. The number of carbonyl (C=O) groups is 2. The third kappa shape index (κ3) is 7.57. The number of carbonyl (C=O) groups excluding carboxylic acids is 2. The Balaban J connectivity index is 0. The van der Waals surface area contributed by atoms with Gasteiger partial charge in [-0.15, -0.1) is 24.8 Å². The van der Waals surface area contributed by atoms with Crippen LogP contribution >= 0.6 is 24.8 Å². The Labute approximate surface area is 126 Å². The summed E-state index contributed by atoms with van der Waals surface area (Å²) in [7, 11) is 0. The van der Waals surface area contributed by atoms with Crippen LogP contribution in [0.3, 0.4) is 0 Å². The summed E-state index contributed by atoms with van der Waals surface area (Å²) >= 11 is 0. The summed E-state index contributed by atoms with van der Waals surface area (Å²) in [5, 5.41) is 5.28. The zero-order valence-corrected chi connectivity index (χ0v) is 12.8.